The average Bonchev–Trinajstić information content (AvgIpc) is 2.16. The molecule has 2 nitrogen and oxygen atoms in total. The van der Waals surface area contributed by atoms with E-state index in [-0.39, 0.29) is 6.04 Å². The van der Waals surface area contributed by atoms with Crippen molar-refractivity contribution in [1.29, 1.82) is 0 Å². The van der Waals surface area contributed by atoms with Gasteiger partial charge in [0.2, 0.25) is 0 Å². The van der Waals surface area contributed by atoms with Crippen LogP contribution in [0, 0.1) is 5.92 Å². The van der Waals surface area contributed by atoms with Gasteiger partial charge >= 0.3 is 6.18 Å². The molecule has 90 valence electrons. The summed E-state index contributed by atoms with van der Waals surface area (Å²) in [4.78, 5) is 1.48. The molecule has 0 spiro atoms. The predicted octanol–water partition coefficient (Wildman–Crippen LogP) is 2.00. The number of piperidine rings is 1. The first-order valence-electron chi connectivity index (χ1n) is 5.47. The van der Waals surface area contributed by atoms with Gasteiger partial charge in [0, 0.05) is 12.6 Å². The van der Waals surface area contributed by atoms with E-state index < -0.39 is 12.7 Å². The minimum absolute atomic E-state index is 0.0923. The van der Waals surface area contributed by atoms with Crippen LogP contribution >= 0.6 is 0 Å². The Hall–Kier alpha value is -0.290. The molecule has 0 radical (unpaired) electrons. The number of hydrogen-bond donors (Lipinski definition) is 1. The quantitative estimate of drug-likeness (QED) is 0.794. The highest BCUT2D eigenvalue weighted by molar-refractivity contribution is 4.83. The summed E-state index contributed by atoms with van der Waals surface area (Å²) >= 11 is 0. The molecule has 1 fully saturated rings. The van der Waals surface area contributed by atoms with Crippen molar-refractivity contribution in [2.45, 2.75) is 38.4 Å². The third kappa shape index (κ3) is 3.99. The lowest BCUT2D eigenvalue weighted by Crippen LogP contribution is -2.50. The normalized spacial score (nSPS) is 29.4. The number of likely N-dealkylation sites (tertiary alicyclic amines) is 1. The predicted molar refractivity (Wildman–Crippen MR) is 53.5 cm³/mol. The number of hydrogen-bond acceptors (Lipinski definition) is 2. The average molecular weight is 224 g/mol. The number of halogens is 3. The van der Waals surface area contributed by atoms with E-state index >= 15 is 0 Å². The van der Waals surface area contributed by atoms with E-state index in [9.17, 15) is 13.2 Å². The molecule has 0 aromatic carbocycles. The summed E-state index contributed by atoms with van der Waals surface area (Å²) in [6.45, 7) is 2.12. The topological polar surface area (TPSA) is 29.3 Å². The zero-order valence-electron chi connectivity index (χ0n) is 9.06. The summed E-state index contributed by atoms with van der Waals surface area (Å²) in [5.41, 5.74) is 5.52. The van der Waals surface area contributed by atoms with Crippen LogP contribution in [0.5, 0.6) is 0 Å². The largest absolute Gasteiger partial charge is 0.401 e. The second-order valence-corrected chi connectivity index (χ2v) is 4.27. The van der Waals surface area contributed by atoms with Crippen molar-refractivity contribution < 1.29 is 13.2 Å². The van der Waals surface area contributed by atoms with Gasteiger partial charge in [0.25, 0.3) is 0 Å². The molecule has 1 rings (SSSR count). The Labute approximate surface area is 88.6 Å². The van der Waals surface area contributed by atoms with Crippen LogP contribution in [0.1, 0.15) is 26.2 Å². The number of alkyl halides is 3. The molecule has 2 atom stereocenters. The molecule has 2 unspecified atom stereocenters. The number of nitrogens with two attached hydrogens (primary N) is 1. The standard InChI is InChI=1S/C10H19F3N2/c1-2-8-3-4-15(7-10(11,12)13)9(5-8)6-14/h8-9H,2-7,14H2,1H3. The maximum absolute atomic E-state index is 12.2. The fraction of sp³-hybridized carbons (Fsp3) is 1.00. The fourth-order valence-corrected chi connectivity index (χ4v) is 2.24. The summed E-state index contributed by atoms with van der Waals surface area (Å²) in [5.74, 6) is 0.544. The molecule has 0 saturated carbocycles. The first-order valence-corrected chi connectivity index (χ1v) is 5.47. The van der Waals surface area contributed by atoms with E-state index in [0.717, 1.165) is 19.3 Å². The van der Waals surface area contributed by atoms with Gasteiger partial charge in [-0.15, -0.1) is 0 Å². The van der Waals surface area contributed by atoms with E-state index in [2.05, 4.69) is 6.92 Å². The van der Waals surface area contributed by atoms with Crippen LogP contribution in [0.2, 0.25) is 0 Å². The van der Waals surface area contributed by atoms with Crippen LogP contribution in [-0.2, 0) is 0 Å². The van der Waals surface area contributed by atoms with Gasteiger partial charge in [-0.05, 0) is 25.3 Å². The first kappa shape index (κ1) is 12.8. The lowest BCUT2D eigenvalue weighted by Gasteiger charge is -2.39. The van der Waals surface area contributed by atoms with Crippen LogP contribution in [-0.4, -0.2) is 36.8 Å². The first-order chi connectivity index (χ1) is 6.96. The molecule has 0 aromatic heterocycles. The van der Waals surface area contributed by atoms with Gasteiger partial charge < -0.3 is 5.73 Å². The second-order valence-electron chi connectivity index (χ2n) is 4.27. The van der Waals surface area contributed by atoms with E-state index in [0.29, 0.717) is 19.0 Å². The van der Waals surface area contributed by atoms with Crippen LogP contribution in [0.4, 0.5) is 13.2 Å². The molecule has 0 amide bonds. The van der Waals surface area contributed by atoms with Gasteiger partial charge in [-0.25, -0.2) is 0 Å². The third-order valence-electron chi connectivity index (χ3n) is 3.18. The van der Waals surface area contributed by atoms with Crippen molar-refractivity contribution in [2.24, 2.45) is 11.7 Å². The van der Waals surface area contributed by atoms with Crippen LogP contribution < -0.4 is 5.73 Å². The van der Waals surface area contributed by atoms with Crippen molar-refractivity contribution >= 4 is 0 Å². The molecule has 1 heterocycles. The molecule has 0 aromatic rings. The molecule has 0 bridgehead atoms. The molecule has 1 saturated heterocycles. The SMILES string of the molecule is CCC1CCN(CC(F)(F)F)C(CN)C1. The van der Waals surface area contributed by atoms with Crippen LogP contribution in [0.15, 0.2) is 0 Å². The second kappa shape index (κ2) is 5.16. The third-order valence-corrected chi connectivity index (χ3v) is 3.18. The molecule has 1 aliphatic heterocycles. The molecule has 1 aliphatic rings. The van der Waals surface area contributed by atoms with Gasteiger partial charge in [-0.3, -0.25) is 4.90 Å². The van der Waals surface area contributed by atoms with E-state index in [1.54, 1.807) is 0 Å². The minimum Gasteiger partial charge on any atom is -0.329 e. The smallest absolute Gasteiger partial charge is 0.329 e. The maximum atomic E-state index is 12.2. The maximum Gasteiger partial charge on any atom is 0.401 e. The Morgan fingerprint density at radius 1 is 1.40 bits per heavy atom. The highest BCUT2D eigenvalue weighted by atomic mass is 19.4. The van der Waals surface area contributed by atoms with Gasteiger partial charge in [0.15, 0.2) is 0 Å². The van der Waals surface area contributed by atoms with Crippen molar-refractivity contribution in [2.75, 3.05) is 19.6 Å². The Morgan fingerprint density at radius 3 is 2.53 bits per heavy atom. The number of nitrogens with zero attached hydrogens (tertiary/aromatic N) is 1. The zero-order chi connectivity index (χ0) is 11.5. The summed E-state index contributed by atoms with van der Waals surface area (Å²) in [5, 5.41) is 0. The molecule has 5 heteroatoms. The van der Waals surface area contributed by atoms with Crippen LogP contribution in [0.3, 0.4) is 0 Å². The summed E-state index contributed by atoms with van der Waals surface area (Å²) in [7, 11) is 0. The lowest BCUT2D eigenvalue weighted by molar-refractivity contribution is -0.154. The van der Waals surface area contributed by atoms with Gasteiger partial charge in [0.05, 0.1) is 6.54 Å². The molecular formula is C10H19F3N2. The van der Waals surface area contributed by atoms with Crippen molar-refractivity contribution in [3.63, 3.8) is 0 Å². The molecule has 2 N–H and O–H groups in total. The van der Waals surface area contributed by atoms with Gasteiger partial charge in [-0.1, -0.05) is 13.3 Å². The molecular weight excluding hydrogens is 205 g/mol. The molecule has 0 aliphatic carbocycles. The van der Waals surface area contributed by atoms with E-state index in [4.69, 9.17) is 5.73 Å². The highest BCUT2D eigenvalue weighted by Crippen LogP contribution is 2.27. The van der Waals surface area contributed by atoms with E-state index in [1.807, 2.05) is 0 Å². The Bertz CT molecular complexity index is 194. The summed E-state index contributed by atoms with van der Waals surface area (Å²) < 4.78 is 36.7. The fourth-order valence-electron chi connectivity index (χ4n) is 2.24. The van der Waals surface area contributed by atoms with E-state index in [1.165, 1.54) is 4.90 Å². The zero-order valence-corrected chi connectivity index (χ0v) is 9.06. The van der Waals surface area contributed by atoms with Crippen LogP contribution in [0.25, 0.3) is 0 Å². The Kier molecular flexibility index (Phi) is 4.40. The van der Waals surface area contributed by atoms with Gasteiger partial charge in [0.1, 0.15) is 0 Å². The summed E-state index contributed by atoms with van der Waals surface area (Å²) in [6, 6.07) is -0.0923. The monoisotopic (exact) mass is 224 g/mol. The lowest BCUT2D eigenvalue weighted by atomic mass is 9.89. The van der Waals surface area contributed by atoms with Crippen molar-refractivity contribution in [3.05, 3.63) is 0 Å². The number of rotatable bonds is 3. The van der Waals surface area contributed by atoms with Gasteiger partial charge in [-0.2, -0.15) is 13.2 Å². The Morgan fingerprint density at radius 2 is 2.07 bits per heavy atom. The summed E-state index contributed by atoms with van der Waals surface area (Å²) in [6.07, 6.45) is -1.39. The van der Waals surface area contributed by atoms with Crippen molar-refractivity contribution in [3.8, 4) is 0 Å². The Balaban J connectivity index is 2.51. The van der Waals surface area contributed by atoms with Crippen molar-refractivity contribution in [1.82, 2.24) is 4.90 Å². The highest BCUT2D eigenvalue weighted by Gasteiger charge is 2.36. The molecule has 15 heavy (non-hydrogen) atoms. The minimum atomic E-state index is -4.10.